The van der Waals surface area contributed by atoms with E-state index in [0.29, 0.717) is 11.3 Å². The van der Waals surface area contributed by atoms with E-state index in [1.54, 1.807) is 18.2 Å². The number of rotatable bonds is 3. The van der Waals surface area contributed by atoms with Gasteiger partial charge in [-0.3, -0.25) is 0 Å². The second kappa shape index (κ2) is 5.05. The maximum absolute atomic E-state index is 9.91. The molecule has 2 unspecified atom stereocenters. The summed E-state index contributed by atoms with van der Waals surface area (Å²) >= 11 is 0. The summed E-state index contributed by atoms with van der Waals surface area (Å²) in [5.41, 5.74) is 6.96. The maximum Gasteiger partial charge on any atom is 0.106 e. The lowest BCUT2D eigenvalue weighted by Crippen LogP contribution is -2.17. The van der Waals surface area contributed by atoms with Crippen molar-refractivity contribution < 1.29 is 10.2 Å². The second-order valence-electron chi connectivity index (χ2n) is 4.24. The van der Waals surface area contributed by atoms with Crippen LogP contribution in [0.5, 0.6) is 0 Å². The number of benzene rings is 2. The Labute approximate surface area is 105 Å². The number of aliphatic hydroxyl groups excluding tert-OH is 2. The molecule has 0 fully saturated rings. The van der Waals surface area contributed by atoms with Crippen LogP contribution in [-0.2, 0) is 0 Å². The van der Waals surface area contributed by atoms with E-state index >= 15 is 0 Å². The van der Waals surface area contributed by atoms with E-state index in [4.69, 9.17) is 11.0 Å². The lowest BCUT2D eigenvalue weighted by molar-refractivity contribution is 0.0217. The van der Waals surface area contributed by atoms with Crippen LogP contribution in [0.1, 0.15) is 18.1 Å². The Morgan fingerprint density at radius 1 is 1.11 bits per heavy atom. The highest BCUT2D eigenvalue weighted by Crippen LogP contribution is 2.24. The first kappa shape index (κ1) is 12.4. The average molecular weight is 242 g/mol. The molecule has 0 aliphatic rings. The summed E-state index contributed by atoms with van der Waals surface area (Å²) in [5.74, 6) is 0. The van der Waals surface area contributed by atoms with Crippen LogP contribution in [0.4, 0.5) is 5.69 Å². The van der Waals surface area contributed by atoms with Crippen LogP contribution in [0.25, 0.3) is 10.8 Å². The molecule has 0 amide bonds. The molecule has 0 saturated heterocycles. The van der Waals surface area contributed by atoms with Gasteiger partial charge in [-0.2, -0.15) is 5.26 Å². The number of fused-ring (bicyclic) bond motifs is 1. The van der Waals surface area contributed by atoms with Crippen molar-refractivity contribution in [3.63, 3.8) is 0 Å². The number of nitrogen functional groups attached to an aromatic ring is 1. The molecule has 2 rings (SSSR count). The zero-order chi connectivity index (χ0) is 13.1. The van der Waals surface area contributed by atoms with E-state index in [-0.39, 0.29) is 6.42 Å². The molecule has 0 bridgehead atoms. The molecule has 2 aromatic rings. The van der Waals surface area contributed by atoms with E-state index in [1.807, 2.05) is 24.3 Å². The Bertz CT molecular complexity index is 604. The van der Waals surface area contributed by atoms with Gasteiger partial charge in [0.1, 0.15) is 6.10 Å². The van der Waals surface area contributed by atoms with Crippen LogP contribution in [-0.4, -0.2) is 16.3 Å². The molecule has 0 aliphatic carbocycles. The number of anilines is 1. The van der Waals surface area contributed by atoms with Crippen LogP contribution in [0.3, 0.4) is 0 Å². The first-order chi connectivity index (χ1) is 8.61. The molecular formula is C14H14N2O2. The minimum absolute atomic E-state index is 0.0963. The van der Waals surface area contributed by atoms with Gasteiger partial charge in [0.05, 0.1) is 18.6 Å². The Balaban J connectivity index is 2.35. The van der Waals surface area contributed by atoms with E-state index in [9.17, 15) is 10.2 Å². The normalized spacial score (nSPS) is 14.1. The molecular weight excluding hydrogens is 228 g/mol. The summed E-state index contributed by atoms with van der Waals surface area (Å²) in [6.07, 6.45) is -2.21. The predicted molar refractivity (Wildman–Crippen MR) is 69.6 cm³/mol. The fourth-order valence-electron chi connectivity index (χ4n) is 1.89. The summed E-state index contributed by atoms with van der Waals surface area (Å²) < 4.78 is 0. The fourth-order valence-corrected chi connectivity index (χ4v) is 1.89. The van der Waals surface area contributed by atoms with Gasteiger partial charge < -0.3 is 15.9 Å². The molecule has 2 aromatic carbocycles. The standard InChI is InChI=1S/C14H14N2O2/c15-6-5-13(17)14(18)11-2-1-10-8-12(16)4-3-9(10)7-11/h1-4,7-8,13-14,17-18H,5,16H2. The Kier molecular flexibility index (Phi) is 3.47. The summed E-state index contributed by atoms with van der Waals surface area (Å²) in [6.45, 7) is 0. The molecule has 2 atom stereocenters. The summed E-state index contributed by atoms with van der Waals surface area (Å²) in [6, 6.07) is 12.7. The van der Waals surface area contributed by atoms with Crippen molar-refractivity contribution in [2.24, 2.45) is 0 Å². The van der Waals surface area contributed by atoms with Crippen molar-refractivity contribution >= 4 is 16.5 Å². The van der Waals surface area contributed by atoms with Gasteiger partial charge in [0.15, 0.2) is 0 Å². The average Bonchev–Trinajstić information content (AvgIpc) is 2.37. The SMILES string of the molecule is N#CCC(O)C(O)c1ccc2cc(N)ccc2c1. The van der Waals surface area contributed by atoms with Gasteiger partial charge in [-0.15, -0.1) is 0 Å². The molecule has 0 aliphatic heterocycles. The van der Waals surface area contributed by atoms with Crippen LogP contribution in [0.15, 0.2) is 36.4 Å². The quantitative estimate of drug-likeness (QED) is 0.715. The molecule has 18 heavy (non-hydrogen) atoms. The van der Waals surface area contributed by atoms with Crippen LogP contribution in [0.2, 0.25) is 0 Å². The third kappa shape index (κ3) is 2.43. The van der Waals surface area contributed by atoms with E-state index < -0.39 is 12.2 Å². The van der Waals surface area contributed by atoms with Crippen molar-refractivity contribution in [3.8, 4) is 6.07 Å². The molecule has 0 radical (unpaired) electrons. The molecule has 4 N–H and O–H groups in total. The molecule has 0 aromatic heterocycles. The third-order valence-electron chi connectivity index (χ3n) is 2.89. The Morgan fingerprint density at radius 3 is 2.50 bits per heavy atom. The minimum Gasteiger partial charge on any atom is -0.399 e. The highest BCUT2D eigenvalue weighted by Gasteiger charge is 2.18. The van der Waals surface area contributed by atoms with Crippen LogP contribution < -0.4 is 5.73 Å². The van der Waals surface area contributed by atoms with Gasteiger partial charge in [-0.05, 0) is 34.5 Å². The predicted octanol–water partition coefficient (Wildman–Crippen LogP) is 1.73. The van der Waals surface area contributed by atoms with Crippen molar-refractivity contribution in [2.75, 3.05) is 5.73 Å². The van der Waals surface area contributed by atoms with Crippen LogP contribution >= 0.6 is 0 Å². The number of hydrogen-bond donors (Lipinski definition) is 3. The molecule has 4 nitrogen and oxygen atoms in total. The summed E-state index contributed by atoms with van der Waals surface area (Å²) in [7, 11) is 0. The number of nitriles is 1. The van der Waals surface area contributed by atoms with E-state index in [2.05, 4.69) is 0 Å². The van der Waals surface area contributed by atoms with Gasteiger partial charge >= 0.3 is 0 Å². The molecule has 0 spiro atoms. The summed E-state index contributed by atoms with van der Waals surface area (Å²) in [4.78, 5) is 0. The molecule has 4 heteroatoms. The lowest BCUT2D eigenvalue weighted by Gasteiger charge is -2.16. The minimum atomic E-state index is -1.07. The number of nitrogens with two attached hydrogens (primary N) is 1. The number of hydrogen-bond acceptors (Lipinski definition) is 4. The van der Waals surface area contributed by atoms with Crippen molar-refractivity contribution in [1.29, 1.82) is 5.26 Å². The highest BCUT2D eigenvalue weighted by molar-refractivity contribution is 5.86. The first-order valence-corrected chi connectivity index (χ1v) is 5.64. The smallest absolute Gasteiger partial charge is 0.106 e. The van der Waals surface area contributed by atoms with Gasteiger partial charge in [-0.1, -0.05) is 18.2 Å². The maximum atomic E-state index is 9.91. The molecule has 92 valence electrons. The Hall–Kier alpha value is -2.09. The van der Waals surface area contributed by atoms with Gasteiger partial charge in [0.25, 0.3) is 0 Å². The Morgan fingerprint density at radius 2 is 1.78 bits per heavy atom. The number of nitrogens with zero attached hydrogens (tertiary/aromatic N) is 1. The van der Waals surface area contributed by atoms with E-state index in [0.717, 1.165) is 10.8 Å². The third-order valence-corrected chi connectivity index (χ3v) is 2.89. The lowest BCUT2D eigenvalue weighted by atomic mass is 9.99. The van der Waals surface area contributed by atoms with E-state index in [1.165, 1.54) is 0 Å². The molecule has 0 saturated carbocycles. The summed E-state index contributed by atoms with van der Waals surface area (Å²) in [5, 5.41) is 29.9. The first-order valence-electron chi connectivity index (χ1n) is 5.64. The number of aliphatic hydroxyl groups is 2. The largest absolute Gasteiger partial charge is 0.399 e. The van der Waals surface area contributed by atoms with Crippen molar-refractivity contribution in [2.45, 2.75) is 18.6 Å². The zero-order valence-electron chi connectivity index (χ0n) is 9.74. The fraction of sp³-hybridized carbons (Fsp3) is 0.214. The van der Waals surface area contributed by atoms with Gasteiger partial charge in [0.2, 0.25) is 0 Å². The van der Waals surface area contributed by atoms with Crippen molar-refractivity contribution in [1.82, 2.24) is 0 Å². The zero-order valence-corrected chi connectivity index (χ0v) is 9.74. The van der Waals surface area contributed by atoms with Crippen molar-refractivity contribution in [3.05, 3.63) is 42.0 Å². The van der Waals surface area contributed by atoms with Gasteiger partial charge in [0, 0.05) is 5.69 Å². The van der Waals surface area contributed by atoms with Gasteiger partial charge in [-0.25, -0.2) is 0 Å². The van der Waals surface area contributed by atoms with Crippen LogP contribution in [0, 0.1) is 11.3 Å². The molecule has 0 heterocycles. The monoisotopic (exact) mass is 242 g/mol. The topological polar surface area (TPSA) is 90.3 Å². The second-order valence-corrected chi connectivity index (χ2v) is 4.24. The highest BCUT2D eigenvalue weighted by atomic mass is 16.3.